The molecule has 0 bridgehead atoms. The van der Waals surface area contributed by atoms with Gasteiger partial charge in [-0.15, -0.1) is 0 Å². The fraction of sp³-hybridized carbons (Fsp3) is 0.148. The van der Waals surface area contributed by atoms with Crippen LogP contribution in [0.2, 0.25) is 0 Å². The summed E-state index contributed by atoms with van der Waals surface area (Å²) in [7, 11) is 0. The molecule has 0 unspecified atom stereocenters. The Labute approximate surface area is 200 Å². The number of imide groups is 1. The van der Waals surface area contributed by atoms with E-state index < -0.39 is 17.0 Å². The Morgan fingerprint density at radius 3 is 2.50 bits per heavy atom. The number of fused-ring (bicyclic) bond motifs is 1. The van der Waals surface area contributed by atoms with E-state index in [-0.39, 0.29) is 12.5 Å². The second-order valence-corrected chi connectivity index (χ2v) is 9.26. The summed E-state index contributed by atoms with van der Waals surface area (Å²) in [6.45, 7) is 1.29. The van der Waals surface area contributed by atoms with Gasteiger partial charge in [0.05, 0.1) is 11.4 Å². The summed E-state index contributed by atoms with van der Waals surface area (Å²) in [6, 6.07) is 21.0. The number of halogens is 1. The van der Waals surface area contributed by atoms with Gasteiger partial charge in [-0.2, -0.15) is 0 Å². The van der Waals surface area contributed by atoms with Crippen molar-refractivity contribution in [3.63, 3.8) is 0 Å². The minimum Gasteiger partial charge on any atom is -0.334 e. The Kier molecular flexibility index (Phi) is 6.02. The van der Waals surface area contributed by atoms with Crippen LogP contribution in [-0.2, 0) is 24.3 Å². The van der Waals surface area contributed by atoms with E-state index in [0.29, 0.717) is 29.1 Å². The first-order valence-corrected chi connectivity index (χ1v) is 11.8. The van der Waals surface area contributed by atoms with E-state index in [4.69, 9.17) is 0 Å². The summed E-state index contributed by atoms with van der Waals surface area (Å²) in [5.74, 6) is -0.855. The highest BCUT2D eigenvalue weighted by molar-refractivity contribution is 8.18. The molecule has 0 aromatic heterocycles. The molecule has 7 heteroatoms. The van der Waals surface area contributed by atoms with Gasteiger partial charge in [0, 0.05) is 18.7 Å². The number of benzene rings is 3. The third-order valence-corrected chi connectivity index (χ3v) is 6.88. The molecule has 3 aromatic carbocycles. The predicted molar refractivity (Wildman–Crippen MR) is 129 cm³/mol. The van der Waals surface area contributed by atoms with Crippen LogP contribution in [0.5, 0.6) is 0 Å². The summed E-state index contributed by atoms with van der Waals surface area (Å²) >= 11 is 0.856. The SMILES string of the molecule is O=C(c1ccc(/C=C2\SC(=O)N(Cc3cccc(F)c3)C2=O)cc1)N1CCc2ccccc2C1. The molecule has 5 nitrogen and oxygen atoms in total. The molecule has 0 saturated carbocycles. The third-order valence-electron chi connectivity index (χ3n) is 5.98. The quantitative estimate of drug-likeness (QED) is 0.486. The Morgan fingerprint density at radius 1 is 0.971 bits per heavy atom. The van der Waals surface area contributed by atoms with E-state index in [0.717, 1.165) is 28.6 Å². The molecule has 0 spiro atoms. The molecule has 3 aromatic rings. The lowest BCUT2D eigenvalue weighted by molar-refractivity contribution is -0.123. The molecule has 1 saturated heterocycles. The van der Waals surface area contributed by atoms with Gasteiger partial charge in [0.25, 0.3) is 17.1 Å². The van der Waals surface area contributed by atoms with Crippen molar-refractivity contribution in [3.05, 3.63) is 111 Å². The zero-order valence-electron chi connectivity index (χ0n) is 18.2. The van der Waals surface area contributed by atoms with Crippen molar-refractivity contribution in [2.75, 3.05) is 6.54 Å². The monoisotopic (exact) mass is 472 g/mol. The normalized spacial score (nSPS) is 16.8. The number of carbonyl (C=O) groups excluding carboxylic acids is 3. The second kappa shape index (κ2) is 9.27. The van der Waals surface area contributed by atoms with Crippen LogP contribution < -0.4 is 0 Å². The molecule has 2 heterocycles. The fourth-order valence-corrected chi connectivity index (χ4v) is 5.02. The van der Waals surface area contributed by atoms with Crippen molar-refractivity contribution >= 4 is 34.9 Å². The van der Waals surface area contributed by atoms with E-state index in [9.17, 15) is 18.8 Å². The highest BCUT2D eigenvalue weighted by atomic mass is 32.2. The Balaban J connectivity index is 1.27. The van der Waals surface area contributed by atoms with Crippen LogP contribution in [0.4, 0.5) is 9.18 Å². The van der Waals surface area contributed by atoms with Gasteiger partial charge in [0.2, 0.25) is 0 Å². The standard InChI is InChI=1S/C27H21FN2O3S/c28-23-7-3-4-19(14-23)16-30-26(32)24(34-27(30)33)15-18-8-10-21(11-9-18)25(31)29-13-12-20-5-1-2-6-22(20)17-29/h1-11,14-15H,12-13,16-17H2/b24-15-. The molecule has 0 aliphatic carbocycles. The first kappa shape index (κ1) is 22.1. The molecule has 1 fully saturated rings. The predicted octanol–water partition coefficient (Wildman–Crippen LogP) is 5.26. The van der Waals surface area contributed by atoms with Crippen molar-refractivity contribution in [2.24, 2.45) is 0 Å². The van der Waals surface area contributed by atoms with Crippen LogP contribution in [0.1, 0.15) is 32.6 Å². The molecule has 170 valence electrons. The number of thioether (sulfide) groups is 1. The number of amides is 3. The number of rotatable bonds is 4. The van der Waals surface area contributed by atoms with Crippen LogP contribution in [0.25, 0.3) is 6.08 Å². The first-order chi connectivity index (χ1) is 16.5. The Morgan fingerprint density at radius 2 is 1.74 bits per heavy atom. The fourth-order valence-electron chi connectivity index (χ4n) is 4.18. The lowest BCUT2D eigenvalue weighted by atomic mass is 9.99. The lowest BCUT2D eigenvalue weighted by Crippen LogP contribution is -2.35. The Bertz CT molecular complexity index is 1320. The highest BCUT2D eigenvalue weighted by Gasteiger charge is 2.35. The van der Waals surface area contributed by atoms with Gasteiger partial charge >= 0.3 is 0 Å². The minimum atomic E-state index is -0.414. The van der Waals surface area contributed by atoms with Crippen molar-refractivity contribution in [1.82, 2.24) is 9.80 Å². The van der Waals surface area contributed by atoms with E-state index in [2.05, 4.69) is 12.1 Å². The molecule has 34 heavy (non-hydrogen) atoms. The number of hydrogen-bond donors (Lipinski definition) is 0. The number of nitrogens with zero attached hydrogens (tertiary/aromatic N) is 2. The van der Waals surface area contributed by atoms with Gasteiger partial charge in [0.15, 0.2) is 0 Å². The van der Waals surface area contributed by atoms with Crippen LogP contribution in [-0.4, -0.2) is 33.4 Å². The molecule has 0 atom stereocenters. The van der Waals surface area contributed by atoms with Gasteiger partial charge < -0.3 is 4.90 Å². The molecule has 3 amide bonds. The third kappa shape index (κ3) is 4.52. The van der Waals surface area contributed by atoms with Gasteiger partial charge in [-0.1, -0.05) is 48.5 Å². The molecule has 2 aliphatic rings. The van der Waals surface area contributed by atoms with E-state index >= 15 is 0 Å². The van der Waals surface area contributed by atoms with E-state index in [1.165, 1.54) is 23.3 Å². The van der Waals surface area contributed by atoms with Gasteiger partial charge in [0.1, 0.15) is 5.82 Å². The summed E-state index contributed by atoms with van der Waals surface area (Å²) in [5, 5.41) is -0.391. The highest BCUT2D eigenvalue weighted by Crippen LogP contribution is 2.33. The van der Waals surface area contributed by atoms with Crippen molar-refractivity contribution < 1.29 is 18.8 Å². The molecule has 0 radical (unpaired) electrons. The van der Waals surface area contributed by atoms with Gasteiger partial charge in [-0.25, -0.2) is 4.39 Å². The maximum absolute atomic E-state index is 13.4. The average Bonchev–Trinajstić information content (AvgIpc) is 3.11. The summed E-state index contributed by atoms with van der Waals surface area (Å²) in [6.07, 6.45) is 2.48. The van der Waals surface area contributed by atoms with Crippen molar-refractivity contribution in [2.45, 2.75) is 19.5 Å². The largest absolute Gasteiger partial charge is 0.334 e. The average molecular weight is 473 g/mol. The summed E-state index contributed by atoms with van der Waals surface area (Å²) < 4.78 is 13.4. The Hall–Kier alpha value is -3.71. The topological polar surface area (TPSA) is 57.7 Å². The zero-order chi connectivity index (χ0) is 23.7. The number of hydrogen-bond acceptors (Lipinski definition) is 4. The van der Waals surface area contributed by atoms with Gasteiger partial charge in [-0.3, -0.25) is 19.3 Å². The van der Waals surface area contributed by atoms with Crippen LogP contribution in [0, 0.1) is 5.82 Å². The van der Waals surface area contributed by atoms with Crippen LogP contribution in [0.3, 0.4) is 0 Å². The van der Waals surface area contributed by atoms with Crippen molar-refractivity contribution in [1.29, 1.82) is 0 Å². The van der Waals surface area contributed by atoms with Crippen LogP contribution in [0.15, 0.2) is 77.7 Å². The lowest BCUT2D eigenvalue weighted by Gasteiger charge is -2.29. The second-order valence-electron chi connectivity index (χ2n) is 8.27. The van der Waals surface area contributed by atoms with E-state index in [1.807, 2.05) is 17.0 Å². The van der Waals surface area contributed by atoms with E-state index in [1.54, 1.807) is 42.5 Å². The van der Waals surface area contributed by atoms with Crippen LogP contribution >= 0.6 is 11.8 Å². The summed E-state index contributed by atoms with van der Waals surface area (Å²) in [4.78, 5) is 41.3. The molecule has 5 rings (SSSR count). The smallest absolute Gasteiger partial charge is 0.293 e. The first-order valence-electron chi connectivity index (χ1n) is 10.9. The summed E-state index contributed by atoms with van der Waals surface area (Å²) in [5.41, 5.74) is 4.31. The van der Waals surface area contributed by atoms with Gasteiger partial charge in [-0.05, 0) is 70.8 Å². The zero-order valence-corrected chi connectivity index (χ0v) is 19.1. The molecule has 2 aliphatic heterocycles. The maximum atomic E-state index is 13.4. The number of carbonyl (C=O) groups is 3. The molecule has 0 N–H and O–H groups in total. The maximum Gasteiger partial charge on any atom is 0.293 e. The molecular formula is C27H21FN2O3S. The minimum absolute atomic E-state index is 0.0200. The molecular weight excluding hydrogens is 451 g/mol. The van der Waals surface area contributed by atoms with Crippen molar-refractivity contribution in [3.8, 4) is 0 Å².